The summed E-state index contributed by atoms with van der Waals surface area (Å²) < 4.78 is 24.0. The smallest absolute Gasteiger partial charge is 0.273 e. The molecule has 10 nitrogen and oxygen atoms in total. The summed E-state index contributed by atoms with van der Waals surface area (Å²) in [4.78, 5) is 26.1. The number of fused-ring (bicyclic) bond motifs is 1. The number of nitrogens with one attached hydrogen (secondary N) is 2. The maximum atomic E-state index is 13.3. The number of nitrogens with two attached hydrogens (primary N) is 1. The van der Waals surface area contributed by atoms with E-state index in [2.05, 4.69) is 21.8 Å². The van der Waals surface area contributed by atoms with Crippen molar-refractivity contribution < 1.29 is 18.0 Å². The van der Waals surface area contributed by atoms with Gasteiger partial charge in [0.05, 0.1) is 29.4 Å². The summed E-state index contributed by atoms with van der Waals surface area (Å²) in [6.07, 6.45) is 0. The molecule has 1 aromatic heterocycles. The van der Waals surface area contributed by atoms with Gasteiger partial charge >= 0.3 is 0 Å². The molecular weight excluding hydrogens is 468 g/mol. The maximum Gasteiger partial charge on any atom is 0.273 e. The molecule has 3 aromatic rings. The molecule has 1 heterocycles. The Balaban J connectivity index is 1.86. The number of para-hydroxylation sites is 1. The van der Waals surface area contributed by atoms with Gasteiger partial charge in [0.15, 0.2) is 5.69 Å². The van der Waals surface area contributed by atoms with Crippen LogP contribution in [0.4, 0.5) is 0 Å². The molecule has 0 unspecified atom stereocenters. The number of hydrogen-bond acceptors (Lipinski definition) is 6. The van der Waals surface area contributed by atoms with Crippen LogP contribution in [0.5, 0.6) is 0 Å². The van der Waals surface area contributed by atoms with Gasteiger partial charge in [-0.15, -0.1) is 0 Å². The molecule has 0 aliphatic heterocycles. The fourth-order valence-electron chi connectivity index (χ4n) is 3.57. The fraction of sp³-hybridized carbons (Fsp3) is 0.333. The van der Waals surface area contributed by atoms with Crippen molar-refractivity contribution in [3.05, 3.63) is 65.4 Å². The van der Waals surface area contributed by atoms with Crippen molar-refractivity contribution in [1.82, 2.24) is 20.4 Å². The highest BCUT2D eigenvalue weighted by molar-refractivity contribution is 7.89. The van der Waals surface area contributed by atoms with Crippen LogP contribution in [0.3, 0.4) is 0 Å². The van der Waals surface area contributed by atoms with E-state index in [1.807, 2.05) is 24.3 Å². The number of rotatable bonds is 8. The molecular formula is C24H28N6O4S. The van der Waals surface area contributed by atoms with Crippen molar-refractivity contribution in [3.8, 4) is 6.07 Å². The zero-order valence-electron chi connectivity index (χ0n) is 19.8. The lowest BCUT2D eigenvalue weighted by Gasteiger charge is -2.30. The van der Waals surface area contributed by atoms with Gasteiger partial charge in [-0.1, -0.05) is 51.1 Å². The van der Waals surface area contributed by atoms with Gasteiger partial charge in [-0.05, 0) is 29.2 Å². The summed E-state index contributed by atoms with van der Waals surface area (Å²) in [6, 6.07) is 15.5. The third-order valence-corrected chi connectivity index (χ3v) is 6.15. The lowest BCUT2D eigenvalue weighted by atomic mass is 9.86. The molecule has 0 radical (unpaired) electrons. The van der Waals surface area contributed by atoms with Gasteiger partial charge in [0.2, 0.25) is 15.9 Å². The number of nitrogens with zero attached hydrogens (tertiary/aromatic N) is 3. The molecule has 0 bridgehead atoms. The highest BCUT2D eigenvalue weighted by Gasteiger charge is 2.34. The Kier molecular flexibility index (Phi) is 7.57. The Hall–Kier alpha value is -3.75. The second-order valence-corrected chi connectivity index (χ2v) is 11.0. The van der Waals surface area contributed by atoms with E-state index in [4.69, 9.17) is 10.4 Å². The van der Waals surface area contributed by atoms with E-state index in [9.17, 15) is 18.0 Å². The highest BCUT2D eigenvalue weighted by atomic mass is 32.2. The molecule has 184 valence electrons. The number of sulfonamides is 1. The summed E-state index contributed by atoms with van der Waals surface area (Å²) >= 11 is 0. The Morgan fingerprint density at radius 1 is 1.14 bits per heavy atom. The average Bonchev–Trinajstić information content (AvgIpc) is 3.14. The molecule has 0 spiro atoms. The number of nitriles is 1. The highest BCUT2D eigenvalue weighted by Crippen LogP contribution is 2.23. The minimum atomic E-state index is -3.73. The number of hydrogen-bond donors (Lipinski definition) is 3. The van der Waals surface area contributed by atoms with Gasteiger partial charge in [0, 0.05) is 11.9 Å². The molecule has 2 aromatic carbocycles. The van der Waals surface area contributed by atoms with Crippen LogP contribution in [0, 0.1) is 16.7 Å². The first-order chi connectivity index (χ1) is 16.4. The van der Waals surface area contributed by atoms with Crippen molar-refractivity contribution in [1.29, 1.82) is 5.26 Å². The van der Waals surface area contributed by atoms with Crippen LogP contribution in [0.15, 0.2) is 48.5 Å². The van der Waals surface area contributed by atoms with Crippen molar-refractivity contribution in [2.75, 3.05) is 12.3 Å². The van der Waals surface area contributed by atoms with Crippen LogP contribution in [0.25, 0.3) is 10.9 Å². The normalized spacial score (nSPS) is 12.7. The largest absolute Gasteiger partial charge is 0.353 e. The van der Waals surface area contributed by atoms with E-state index in [1.54, 1.807) is 49.7 Å². The predicted octanol–water partition coefficient (Wildman–Crippen LogP) is 1.51. The van der Waals surface area contributed by atoms with Crippen molar-refractivity contribution in [2.24, 2.45) is 10.6 Å². The first kappa shape index (κ1) is 25.9. The van der Waals surface area contributed by atoms with Gasteiger partial charge in [-0.2, -0.15) is 10.4 Å². The van der Waals surface area contributed by atoms with Crippen molar-refractivity contribution in [3.63, 3.8) is 0 Å². The summed E-state index contributed by atoms with van der Waals surface area (Å²) in [6.45, 7) is 5.59. The van der Waals surface area contributed by atoms with E-state index in [0.717, 1.165) is 11.1 Å². The molecule has 0 fully saturated rings. The van der Waals surface area contributed by atoms with Gasteiger partial charge in [-0.3, -0.25) is 14.3 Å². The predicted molar refractivity (Wildman–Crippen MR) is 132 cm³/mol. The van der Waals surface area contributed by atoms with Gasteiger partial charge in [0.25, 0.3) is 5.91 Å². The number of primary sulfonamides is 1. The van der Waals surface area contributed by atoms with Crippen LogP contribution in [0.1, 0.15) is 42.4 Å². The second kappa shape index (κ2) is 10.2. The number of carbonyl (C=O) groups is 2. The molecule has 35 heavy (non-hydrogen) atoms. The quantitative estimate of drug-likeness (QED) is 0.428. The molecule has 11 heteroatoms. The minimum Gasteiger partial charge on any atom is -0.353 e. The van der Waals surface area contributed by atoms with E-state index >= 15 is 0 Å². The molecule has 3 rings (SSSR count). The molecule has 4 N–H and O–H groups in total. The maximum absolute atomic E-state index is 13.3. The third kappa shape index (κ3) is 6.65. The number of amides is 2. The van der Waals surface area contributed by atoms with Crippen molar-refractivity contribution >= 4 is 32.7 Å². The van der Waals surface area contributed by atoms with Gasteiger partial charge in [0.1, 0.15) is 6.04 Å². The summed E-state index contributed by atoms with van der Waals surface area (Å²) in [5.74, 6) is -1.45. The van der Waals surface area contributed by atoms with Gasteiger partial charge in [-0.25, -0.2) is 13.6 Å². The molecule has 0 aliphatic carbocycles. The minimum absolute atomic E-state index is 0.164. The zero-order valence-corrected chi connectivity index (χ0v) is 20.6. The fourth-order valence-corrected chi connectivity index (χ4v) is 3.95. The van der Waals surface area contributed by atoms with E-state index in [0.29, 0.717) is 17.5 Å². The Morgan fingerprint density at radius 3 is 2.40 bits per heavy atom. The van der Waals surface area contributed by atoms with Crippen LogP contribution in [0.2, 0.25) is 0 Å². The van der Waals surface area contributed by atoms with E-state index < -0.39 is 39.0 Å². The SMILES string of the molecule is CC(C)(C)[C@H](NC(=O)c1nn(Cc2ccc(C#N)cc2)c2ccccc12)C(=O)NCCS(N)(=O)=O. The van der Waals surface area contributed by atoms with E-state index in [1.165, 1.54) is 0 Å². The standard InChI is InChI=1S/C24H28N6O4S/c1-24(2,3)21(23(32)27-12-13-35(26,33)34)28-22(31)20-18-6-4-5-7-19(18)30(29-20)15-17-10-8-16(14-25)9-11-17/h4-11,21H,12-13,15H2,1-3H3,(H,27,32)(H,28,31)(H2,26,33,34)/t21-/m1/s1. The first-order valence-corrected chi connectivity index (χ1v) is 12.6. The van der Waals surface area contributed by atoms with E-state index in [-0.39, 0.29) is 12.2 Å². The summed E-state index contributed by atoms with van der Waals surface area (Å²) in [5.41, 5.74) is 1.70. The lowest BCUT2D eigenvalue weighted by molar-refractivity contribution is -0.125. The topological polar surface area (TPSA) is 160 Å². The van der Waals surface area contributed by atoms with Crippen LogP contribution in [-0.2, 0) is 21.4 Å². The van der Waals surface area contributed by atoms with Gasteiger partial charge < -0.3 is 10.6 Å². The van der Waals surface area contributed by atoms with Crippen LogP contribution >= 0.6 is 0 Å². The van der Waals surface area contributed by atoms with Crippen LogP contribution in [-0.4, -0.2) is 48.4 Å². The third-order valence-electron chi connectivity index (χ3n) is 5.38. The Morgan fingerprint density at radius 2 is 1.80 bits per heavy atom. The first-order valence-electron chi connectivity index (χ1n) is 10.9. The molecule has 0 saturated heterocycles. The zero-order chi connectivity index (χ0) is 25.8. The molecule has 1 atom stereocenters. The molecule has 2 amide bonds. The summed E-state index contributed by atoms with van der Waals surface area (Å²) in [5, 5.41) is 24.4. The lowest BCUT2D eigenvalue weighted by Crippen LogP contribution is -2.54. The monoisotopic (exact) mass is 496 g/mol. The number of benzene rings is 2. The van der Waals surface area contributed by atoms with Crippen LogP contribution < -0.4 is 15.8 Å². The summed E-state index contributed by atoms with van der Waals surface area (Å²) in [7, 11) is -3.73. The molecule has 0 saturated carbocycles. The second-order valence-electron chi connectivity index (χ2n) is 9.26. The Bertz CT molecular complexity index is 1380. The Labute approximate surface area is 204 Å². The number of carbonyl (C=O) groups excluding carboxylic acids is 2. The van der Waals surface area contributed by atoms with Crippen molar-refractivity contribution in [2.45, 2.75) is 33.4 Å². The number of aromatic nitrogens is 2. The average molecular weight is 497 g/mol. The molecule has 0 aliphatic rings.